The molecule has 1 aliphatic carbocycles. The maximum atomic E-state index is 13.4. The number of carbonyl (C=O) groups is 2. The van der Waals surface area contributed by atoms with Gasteiger partial charge in [-0.3, -0.25) is 9.59 Å². The monoisotopic (exact) mass is 423 g/mol. The number of benzene rings is 1. The van der Waals surface area contributed by atoms with E-state index >= 15 is 0 Å². The maximum Gasteiger partial charge on any atom is 0.289 e. The summed E-state index contributed by atoms with van der Waals surface area (Å²) in [4.78, 5) is 28.6. The Hall–Kier alpha value is -2.30. The lowest BCUT2D eigenvalue weighted by atomic mass is 9.83. The van der Waals surface area contributed by atoms with Gasteiger partial charge in [-0.15, -0.1) is 0 Å². The topological polar surface area (TPSA) is 59.8 Å². The standard InChI is InChI=1S/C26H33NO4/c1-16-12-17(2)15-27(14-16)25(29)24-18(3)22-20(30-24)8-9-21-23(22)19(28)13-26(31-21)10-6-4-5-7-11-26/h8-9,16-17H,4-7,10-15H2,1-3H3/t16-,17-/m0/s1. The third kappa shape index (κ3) is 3.56. The molecule has 2 atom stereocenters. The Bertz CT molecular complexity index is 1020. The third-order valence-corrected chi connectivity index (χ3v) is 7.51. The molecule has 1 saturated heterocycles. The Balaban J connectivity index is 1.53. The molecule has 0 bridgehead atoms. The van der Waals surface area contributed by atoms with Gasteiger partial charge in [0.1, 0.15) is 16.9 Å². The molecule has 0 radical (unpaired) electrons. The minimum atomic E-state index is -0.357. The predicted molar refractivity (Wildman–Crippen MR) is 120 cm³/mol. The van der Waals surface area contributed by atoms with Gasteiger partial charge in [-0.1, -0.05) is 26.7 Å². The molecule has 2 aromatic rings. The van der Waals surface area contributed by atoms with Crippen LogP contribution in [0.15, 0.2) is 16.5 Å². The van der Waals surface area contributed by atoms with Crippen molar-refractivity contribution in [2.24, 2.45) is 11.8 Å². The number of Topliss-reactive ketones (excluding diaryl/α,β-unsaturated/α-hetero) is 1. The van der Waals surface area contributed by atoms with Crippen LogP contribution in [0.5, 0.6) is 5.75 Å². The van der Waals surface area contributed by atoms with Crippen molar-refractivity contribution in [3.63, 3.8) is 0 Å². The number of likely N-dealkylation sites (tertiary alicyclic amines) is 1. The van der Waals surface area contributed by atoms with E-state index in [-0.39, 0.29) is 17.3 Å². The van der Waals surface area contributed by atoms with E-state index in [1.807, 2.05) is 24.0 Å². The fourth-order valence-corrected chi connectivity index (χ4v) is 6.16. The van der Waals surface area contributed by atoms with E-state index in [0.717, 1.165) is 56.1 Å². The highest BCUT2D eigenvalue weighted by molar-refractivity contribution is 6.13. The molecule has 0 unspecified atom stereocenters. The molecule has 1 spiro atoms. The highest BCUT2D eigenvalue weighted by Gasteiger charge is 2.42. The van der Waals surface area contributed by atoms with E-state index in [4.69, 9.17) is 9.15 Å². The number of hydrogen-bond donors (Lipinski definition) is 0. The Kier molecular flexibility index (Phi) is 5.10. The molecule has 1 aromatic carbocycles. The Morgan fingerprint density at radius 1 is 1.06 bits per heavy atom. The summed E-state index contributed by atoms with van der Waals surface area (Å²) < 4.78 is 12.6. The summed E-state index contributed by atoms with van der Waals surface area (Å²) in [5.74, 6) is 2.05. The molecular weight excluding hydrogens is 390 g/mol. The molecule has 0 N–H and O–H groups in total. The van der Waals surface area contributed by atoms with Crippen LogP contribution in [-0.2, 0) is 0 Å². The van der Waals surface area contributed by atoms with E-state index in [0.29, 0.717) is 40.9 Å². The molecule has 1 saturated carbocycles. The first kappa shape index (κ1) is 20.6. The predicted octanol–water partition coefficient (Wildman–Crippen LogP) is 5.92. The van der Waals surface area contributed by atoms with Crippen LogP contribution < -0.4 is 4.74 Å². The second-order valence-corrected chi connectivity index (χ2v) is 10.3. The molecule has 1 amide bonds. The van der Waals surface area contributed by atoms with Gasteiger partial charge < -0.3 is 14.1 Å². The van der Waals surface area contributed by atoms with Crippen LogP contribution in [0.25, 0.3) is 11.0 Å². The Morgan fingerprint density at radius 3 is 2.42 bits per heavy atom. The third-order valence-electron chi connectivity index (χ3n) is 7.51. The zero-order valence-electron chi connectivity index (χ0n) is 19.0. The molecule has 5 heteroatoms. The van der Waals surface area contributed by atoms with Crippen molar-refractivity contribution in [2.75, 3.05) is 13.1 Å². The Morgan fingerprint density at radius 2 is 1.74 bits per heavy atom. The highest BCUT2D eigenvalue weighted by atomic mass is 16.5. The quantitative estimate of drug-likeness (QED) is 0.571. The largest absolute Gasteiger partial charge is 0.486 e. The first-order valence-corrected chi connectivity index (χ1v) is 11.9. The van der Waals surface area contributed by atoms with Crippen LogP contribution in [0.4, 0.5) is 0 Å². The molecule has 3 aliphatic rings. The molecule has 1 aromatic heterocycles. The Labute approximate surface area is 184 Å². The lowest BCUT2D eigenvalue weighted by molar-refractivity contribution is 0.0301. The van der Waals surface area contributed by atoms with Gasteiger partial charge in [0.2, 0.25) is 0 Å². The molecule has 5 rings (SSSR count). The number of furan rings is 1. The fourth-order valence-electron chi connectivity index (χ4n) is 6.16. The van der Waals surface area contributed by atoms with Crippen LogP contribution in [0, 0.1) is 18.8 Å². The number of ether oxygens (including phenoxy) is 1. The van der Waals surface area contributed by atoms with Crippen molar-refractivity contribution in [1.82, 2.24) is 4.90 Å². The smallest absolute Gasteiger partial charge is 0.289 e. The molecule has 3 heterocycles. The van der Waals surface area contributed by atoms with Crippen LogP contribution in [0.3, 0.4) is 0 Å². The minimum Gasteiger partial charge on any atom is -0.486 e. The number of carbonyl (C=O) groups excluding carboxylic acids is 2. The van der Waals surface area contributed by atoms with Crippen molar-refractivity contribution in [3.8, 4) is 5.75 Å². The van der Waals surface area contributed by atoms with Gasteiger partial charge >= 0.3 is 0 Å². The van der Waals surface area contributed by atoms with Gasteiger partial charge in [0.05, 0.1) is 12.0 Å². The zero-order chi connectivity index (χ0) is 21.8. The normalized spacial score (nSPS) is 25.9. The summed E-state index contributed by atoms with van der Waals surface area (Å²) in [7, 11) is 0. The number of rotatable bonds is 1. The molecule has 5 nitrogen and oxygen atoms in total. The van der Waals surface area contributed by atoms with Crippen molar-refractivity contribution in [1.29, 1.82) is 0 Å². The first-order valence-electron chi connectivity index (χ1n) is 11.9. The molecule has 31 heavy (non-hydrogen) atoms. The summed E-state index contributed by atoms with van der Waals surface area (Å²) in [6, 6.07) is 3.73. The average molecular weight is 424 g/mol. The maximum absolute atomic E-state index is 13.4. The second kappa shape index (κ2) is 7.68. The summed E-state index contributed by atoms with van der Waals surface area (Å²) in [5.41, 5.74) is 1.61. The summed E-state index contributed by atoms with van der Waals surface area (Å²) in [6.07, 6.45) is 8.10. The molecule has 2 fully saturated rings. The van der Waals surface area contributed by atoms with E-state index < -0.39 is 0 Å². The van der Waals surface area contributed by atoms with E-state index in [1.165, 1.54) is 12.8 Å². The van der Waals surface area contributed by atoms with Crippen molar-refractivity contribution in [2.45, 2.75) is 77.7 Å². The summed E-state index contributed by atoms with van der Waals surface area (Å²) in [5, 5.41) is 0.757. The molecular formula is C26H33NO4. The van der Waals surface area contributed by atoms with Gasteiger partial charge in [-0.05, 0) is 63.0 Å². The van der Waals surface area contributed by atoms with Crippen LogP contribution >= 0.6 is 0 Å². The zero-order valence-corrected chi connectivity index (χ0v) is 19.0. The van der Waals surface area contributed by atoms with Crippen molar-refractivity contribution < 1.29 is 18.7 Å². The number of piperidine rings is 1. The van der Waals surface area contributed by atoms with Gasteiger partial charge in [-0.2, -0.15) is 0 Å². The number of hydrogen-bond acceptors (Lipinski definition) is 4. The lowest BCUT2D eigenvalue weighted by Crippen LogP contribution is -2.42. The molecule has 2 aliphatic heterocycles. The number of nitrogens with zero attached hydrogens (tertiary/aromatic N) is 1. The number of ketones is 1. The van der Waals surface area contributed by atoms with Gasteiger partial charge in [0.15, 0.2) is 11.5 Å². The van der Waals surface area contributed by atoms with Crippen LogP contribution in [0.1, 0.15) is 91.7 Å². The van der Waals surface area contributed by atoms with Crippen molar-refractivity contribution in [3.05, 3.63) is 29.0 Å². The van der Waals surface area contributed by atoms with E-state index in [1.54, 1.807) is 0 Å². The lowest BCUT2D eigenvalue weighted by Gasteiger charge is -2.37. The van der Waals surface area contributed by atoms with Crippen LogP contribution in [-0.4, -0.2) is 35.3 Å². The number of aryl methyl sites for hydroxylation is 1. The summed E-state index contributed by atoms with van der Waals surface area (Å²) >= 11 is 0. The average Bonchev–Trinajstić information content (AvgIpc) is 2.89. The molecule has 166 valence electrons. The fraction of sp³-hybridized carbons (Fsp3) is 0.615. The summed E-state index contributed by atoms with van der Waals surface area (Å²) in [6.45, 7) is 7.79. The SMILES string of the molecule is Cc1c(C(=O)N2C[C@@H](C)C[C@H](C)C2)oc2ccc3c(c12)C(=O)CC1(CCCCCC1)O3. The first-order chi connectivity index (χ1) is 14.9. The van der Waals surface area contributed by atoms with Gasteiger partial charge in [0.25, 0.3) is 5.91 Å². The van der Waals surface area contributed by atoms with Crippen LogP contribution in [0.2, 0.25) is 0 Å². The highest BCUT2D eigenvalue weighted by Crippen LogP contribution is 2.45. The van der Waals surface area contributed by atoms with Gasteiger partial charge in [0, 0.05) is 24.0 Å². The van der Waals surface area contributed by atoms with E-state index in [9.17, 15) is 9.59 Å². The van der Waals surface area contributed by atoms with Crippen molar-refractivity contribution >= 4 is 22.7 Å². The second-order valence-electron chi connectivity index (χ2n) is 10.3. The number of fused-ring (bicyclic) bond motifs is 3. The number of amides is 1. The van der Waals surface area contributed by atoms with E-state index in [2.05, 4.69) is 13.8 Å². The minimum absolute atomic E-state index is 0.0646. The van der Waals surface area contributed by atoms with Gasteiger partial charge in [-0.25, -0.2) is 0 Å².